The molecule has 7 aromatic rings. The maximum Gasteiger partial charge on any atom is 0.334 e. The standard InChI is InChI=1S/C89H101Cl3N10O29/c1-36(2)22-53(95-7)80(114)101-69-71(108)43-15-20-56(50(91)24-43)126-58-26-45-27-59(75(58)131-87-76(73(110)72(109)61(34-103)128-87)130-64-32-89(6,78(112)38(4)125-64)96-33-60(85(119)120)123-35-39-8-10-40(11-9-39)41-12-17-46(90)18-13-41)127-57-21-16-44(25-51(57)92)74(129-63-31-88(5,94)77(111)37(3)124-63)70-84(118)100-68(86(121)122)49-28-47(104)29-55(106)65(49)48-23-42(14-19-54(48)105)66(81(115)102-70)99-82(116)67(45)98-62(107)30-52(79(93)113)97-83(69)117/h8-21,23-29,36-38,52-53,60-61,63-64,66-74,76-78,87,95-96,103-106,108-112H,22,30-35,94H2,1-7H3,(H2,93,113)(H,97,117)(H,98,107)(H,99,116)(H,100,118)(H,101,114)(H,102,115)(H,119,120)(H,121,122)/t37?,38?,52?,53-,60?,61?,63?,64?,66?,67?,68?,69+,70+,71?,72?,73?,74-,76?,77?,78?,87?,88?,89?/m1/s1. The van der Waals surface area contributed by atoms with Crippen LogP contribution in [0, 0.1) is 5.92 Å². The van der Waals surface area contributed by atoms with Gasteiger partial charge in [-0.15, -0.1) is 0 Å². The van der Waals surface area contributed by atoms with E-state index in [4.69, 9.17) is 88.9 Å². The lowest BCUT2D eigenvalue weighted by Gasteiger charge is -2.48. The van der Waals surface area contributed by atoms with E-state index in [1.165, 1.54) is 52.9 Å². The first kappa shape index (κ1) is 97.4. The Bertz CT molecular complexity index is 5470. The largest absolute Gasteiger partial charge is 0.508 e. The van der Waals surface area contributed by atoms with Crippen LogP contribution < -0.4 is 68.2 Å². The highest BCUT2D eigenvalue weighted by molar-refractivity contribution is 6.32. The Balaban J connectivity index is 0.982. The van der Waals surface area contributed by atoms with Crippen LogP contribution in [0.25, 0.3) is 22.3 Å². The first-order chi connectivity index (χ1) is 62.0. The highest BCUT2D eigenvalue weighted by Crippen LogP contribution is 2.51. The number of nitrogens with two attached hydrogens (primary N) is 2. The Kier molecular flexibility index (Phi) is 30.1. The van der Waals surface area contributed by atoms with Gasteiger partial charge in [-0.1, -0.05) is 103 Å². The van der Waals surface area contributed by atoms with Gasteiger partial charge in [0, 0.05) is 58.2 Å². The number of phenols is 3. The van der Waals surface area contributed by atoms with Crippen molar-refractivity contribution in [3.05, 3.63) is 176 Å². The van der Waals surface area contributed by atoms with Crippen LogP contribution in [0.4, 0.5) is 0 Å². The number of carbonyl (C=O) groups excluding carboxylic acids is 7. The molecular formula is C89H101Cl3N10O29. The average Bonchev–Trinajstić information content (AvgIpc) is 0.780. The lowest BCUT2D eigenvalue weighted by molar-refractivity contribution is -0.334. The Labute approximate surface area is 763 Å². The van der Waals surface area contributed by atoms with Crippen molar-refractivity contribution in [2.24, 2.45) is 17.4 Å². The zero-order chi connectivity index (χ0) is 94.8. The third kappa shape index (κ3) is 21.8. The van der Waals surface area contributed by atoms with Gasteiger partial charge in [0.1, 0.15) is 89.5 Å². The number of fused-ring (bicyclic) bond motifs is 16. The van der Waals surface area contributed by atoms with Gasteiger partial charge in [-0.25, -0.2) is 9.59 Å². The predicted octanol–water partition coefficient (Wildman–Crippen LogP) is 3.97. The highest BCUT2D eigenvalue weighted by atomic mass is 35.5. The maximum atomic E-state index is 16.5. The summed E-state index contributed by atoms with van der Waals surface area (Å²) < 4.78 is 58.6. The highest BCUT2D eigenvalue weighted by Gasteiger charge is 2.53. The quantitative estimate of drug-likeness (QED) is 0.0456. The van der Waals surface area contributed by atoms with Crippen LogP contribution >= 0.6 is 34.8 Å². The monoisotopic (exact) mass is 1880 g/mol. The van der Waals surface area contributed by atoms with Crippen molar-refractivity contribution in [1.82, 2.24) is 42.5 Å². The van der Waals surface area contributed by atoms with E-state index in [0.717, 1.165) is 71.8 Å². The number of nitrogens with one attached hydrogen (secondary N) is 8. The molecule has 39 nitrogen and oxygen atoms in total. The third-order valence-corrected chi connectivity index (χ3v) is 24.5. The first-order valence-corrected chi connectivity index (χ1v) is 42.8. The van der Waals surface area contributed by atoms with Crippen molar-refractivity contribution < 1.29 is 142 Å². The smallest absolute Gasteiger partial charge is 0.334 e. The third-order valence-electron chi connectivity index (χ3n) is 23.7. The average molecular weight is 1880 g/mol. The van der Waals surface area contributed by atoms with Gasteiger partial charge >= 0.3 is 11.9 Å². The number of primary amides is 1. The molecule has 8 heterocycles. The molecule has 8 aliphatic heterocycles. The number of aliphatic carboxylic acids is 2. The van der Waals surface area contributed by atoms with E-state index >= 15 is 19.2 Å². The summed E-state index contributed by atoms with van der Waals surface area (Å²) in [5.41, 5.74) is 9.01. The molecular weight excluding hydrogens is 1780 g/mol. The van der Waals surface area contributed by atoms with E-state index in [1.807, 2.05) is 38.1 Å². The number of amides is 7. The van der Waals surface area contributed by atoms with Crippen LogP contribution in [0.3, 0.4) is 0 Å². The van der Waals surface area contributed by atoms with Gasteiger partial charge in [0.2, 0.25) is 53.4 Å². The van der Waals surface area contributed by atoms with Gasteiger partial charge in [0.05, 0.1) is 60.1 Å². The Morgan fingerprint density at radius 3 is 1.85 bits per heavy atom. The topological polar surface area (TPSA) is 608 Å². The van der Waals surface area contributed by atoms with Gasteiger partial charge in [0.15, 0.2) is 42.3 Å². The number of aromatic hydroxyl groups is 3. The Morgan fingerprint density at radius 2 is 1.24 bits per heavy atom. The second kappa shape index (κ2) is 40.5. The summed E-state index contributed by atoms with van der Waals surface area (Å²) in [6.07, 6.45) is -25.9. The number of likely N-dealkylation sites (N-methyl/N-ethyl adjacent to an activating group) is 1. The van der Waals surface area contributed by atoms with Crippen LogP contribution in [0.15, 0.2) is 127 Å². The molecule has 0 radical (unpaired) electrons. The van der Waals surface area contributed by atoms with Crippen molar-refractivity contribution >= 4 is 88.1 Å². The van der Waals surface area contributed by atoms with Crippen LogP contribution in [0.2, 0.25) is 15.1 Å². The van der Waals surface area contributed by atoms with Crippen LogP contribution in [-0.2, 0) is 78.2 Å². The van der Waals surface area contributed by atoms with Crippen molar-refractivity contribution in [2.45, 2.75) is 213 Å². The Hall–Kier alpha value is -11.2. The fourth-order valence-electron chi connectivity index (χ4n) is 16.6. The molecule has 0 spiro atoms. The molecule has 23 N–H and O–H groups in total. The molecule has 702 valence electrons. The van der Waals surface area contributed by atoms with Gasteiger partial charge in [0.25, 0.3) is 0 Å². The molecule has 42 heteroatoms. The fraction of sp³-hybridized carbons (Fsp3) is 0.427. The molecule has 0 aliphatic carbocycles. The zero-order valence-electron chi connectivity index (χ0n) is 71.3. The van der Waals surface area contributed by atoms with Crippen LogP contribution in [0.5, 0.6) is 46.0 Å². The molecule has 7 amide bonds. The number of carboxylic acid groups (broad SMARTS) is 2. The maximum absolute atomic E-state index is 16.5. The molecule has 7 aromatic carbocycles. The number of phenolic OH excluding ortho intramolecular Hbond substituents is 3. The number of carbonyl (C=O) groups is 9. The lowest BCUT2D eigenvalue weighted by atomic mass is 9.84. The van der Waals surface area contributed by atoms with Crippen molar-refractivity contribution in [3.63, 3.8) is 0 Å². The van der Waals surface area contributed by atoms with E-state index in [-0.39, 0.29) is 42.1 Å². The van der Waals surface area contributed by atoms with E-state index in [0.29, 0.717) is 10.6 Å². The number of ether oxygens (including phenoxy) is 9. The molecule has 19 unspecified atom stereocenters. The number of aliphatic hydroxyl groups excluding tert-OH is 6. The summed E-state index contributed by atoms with van der Waals surface area (Å²) in [5.74, 6) is -17.9. The Morgan fingerprint density at radius 1 is 0.641 bits per heavy atom. The number of hydrogen-bond donors (Lipinski definition) is 21. The number of halogens is 3. The fourth-order valence-corrected chi connectivity index (χ4v) is 17.1. The number of aliphatic hydroxyl groups is 6. The molecule has 3 fully saturated rings. The minimum absolute atomic E-state index is 0.121. The summed E-state index contributed by atoms with van der Waals surface area (Å²) in [6.45, 7) is 7.87. The molecule has 11 bridgehead atoms. The molecule has 0 saturated carbocycles. The molecule has 23 atom stereocenters. The van der Waals surface area contributed by atoms with Gasteiger partial charge in [-0.05, 0) is 153 Å². The summed E-state index contributed by atoms with van der Waals surface area (Å²) in [4.78, 5) is 133. The number of benzene rings is 7. The summed E-state index contributed by atoms with van der Waals surface area (Å²) in [5, 5.41) is 148. The molecule has 15 rings (SSSR count). The lowest BCUT2D eigenvalue weighted by Crippen LogP contribution is -2.66. The second-order valence-electron chi connectivity index (χ2n) is 33.9. The minimum atomic E-state index is -2.37. The summed E-state index contributed by atoms with van der Waals surface area (Å²) in [6, 6.07) is 13.7. The molecule has 0 aromatic heterocycles. The van der Waals surface area contributed by atoms with Gasteiger partial charge in [-0.3, -0.25) is 33.6 Å². The summed E-state index contributed by atoms with van der Waals surface area (Å²) >= 11 is 20.8. The summed E-state index contributed by atoms with van der Waals surface area (Å²) in [7, 11) is 1.47. The second-order valence-corrected chi connectivity index (χ2v) is 35.1. The first-order valence-electron chi connectivity index (χ1n) is 41.7. The van der Waals surface area contributed by atoms with Crippen molar-refractivity contribution in [2.75, 3.05) is 20.2 Å². The van der Waals surface area contributed by atoms with Crippen molar-refractivity contribution in [3.8, 4) is 68.2 Å². The van der Waals surface area contributed by atoms with E-state index in [1.54, 1.807) is 24.3 Å². The molecule has 131 heavy (non-hydrogen) atoms. The minimum Gasteiger partial charge on any atom is -0.508 e. The van der Waals surface area contributed by atoms with E-state index in [2.05, 4.69) is 42.5 Å². The van der Waals surface area contributed by atoms with Gasteiger partial charge < -0.3 is 153 Å². The number of hydrogen-bond acceptors (Lipinski definition) is 30. The van der Waals surface area contributed by atoms with Crippen LogP contribution in [0.1, 0.15) is 131 Å². The normalized spacial score (nSPS) is 29.2. The number of carboxylic acids is 2. The SMILES string of the molecule is CN[C@H](CC(C)C)C(=O)N[C@@H]1C(=O)NC(C(N)=O)CC(=O)NC2C(=O)NC3C(=O)N[C@H](C(=O)NC(C(=O)O)c4cc(O)cc(O)c4-c4cc3ccc4O)[C@H](OC3CC(C)(N)C(O)C(C)O3)c3ccc(c(Cl)c3)Oc3cc2cc(c3OC2OC(CO)C(O)C(O)C2OC2CC(C)(NCC(OCc3ccc(-c4ccc(Cl)cc4)cc3)C(=O)O)C(O)C(C)O2)Oc2ccc(cc2Cl)C1O. The number of rotatable bonds is 22. The molecule has 8 aliphatic rings. The van der Waals surface area contributed by atoms with Gasteiger partial charge in [-0.2, -0.15) is 0 Å². The van der Waals surface area contributed by atoms with Crippen molar-refractivity contribution in [1.29, 1.82) is 0 Å². The predicted molar refractivity (Wildman–Crippen MR) is 463 cm³/mol. The van der Waals surface area contributed by atoms with E-state index < -0.39 is 297 Å². The van der Waals surface area contributed by atoms with E-state index in [9.17, 15) is 80.1 Å². The zero-order valence-corrected chi connectivity index (χ0v) is 73.6. The van der Waals surface area contributed by atoms with Crippen LogP contribution in [-0.4, -0.2) is 239 Å². The molecule has 3 saturated heterocycles.